The molecule has 1 atom stereocenters. The molecule has 5 aromatic carbocycles. The number of carbonyl (C=O) groups excluding carboxylic acids is 5. The Bertz CT molecular complexity index is 2660. The predicted octanol–water partition coefficient (Wildman–Crippen LogP) is 8.67. The molecule has 1 aliphatic heterocycles. The summed E-state index contributed by atoms with van der Waals surface area (Å²) in [4.78, 5) is 74.9. The highest BCUT2D eigenvalue weighted by atomic mass is 32.2. The molecular weight excluding hydrogens is 924 g/mol. The number of hydrogen-bond acceptors (Lipinski definition) is 14. The Balaban J connectivity index is 1.04. The molecule has 0 fully saturated rings. The minimum atomic E-state index is -1.99. The summed E-state index contributed by atoms with van der Waals surface area (Å²) < 4.78 is 27.5. The lowest BCUT2D eigenvalue weighted by Crippen LogP contribution is -2.42. The fourth-order valence-electron chi connectivity index (χ4n) is 7.72. The maximum Gasteiger partial charge on any atom is 0.415 e. The number of carbonyl (C=O) groups is 5. The summed E-state index contributed by atoms with van der Waals surface area (Å²) in [6, 6.07) is 41.1. The van der Waals surface area contributed by atoms with Crippen molar-refractivity contribution in [2.75, 3.05) is 45.7 Å². The Morgan fingerprint density at radius 2 is 1.22 bits per heavy atom. The van der Waals surface area contributed by atoms with E-state index < -0.39 is 43.4 Å². The van der Waals surface area contributed by atoms with E-state index in [0.717, 1.165) is 30.1 Å². The first-order valence-corrected chi connectivity index (χ1v) is 25.9. The van der Waals surface area contributed by atoms with Crippen molar-refractivity contribution in [2.24, 2.45) is 4.99 Å². The lowest BCUT2D eigenvalue weighted by atomic mass is 10.2. The number of thioether (sulfide) groups is 1. The predicted molar refractivity (Wildman–Crippen MR) is 268 cm³/mol. The van der Waals surface area contributed by atoms with Crippen LogP contribution in [0, 0.1) is 0 Å². The number of thiazole rings is 1. The molecule has 352 valence electrons. The number of aromatic nitrogens is 1. The van der Waals surface area contributed by atoms with Gasteiger partial charge in [-0.1, -0.05) is 61.0 Å². The number of hydrogen-bond donors (Lipinski definition) is 0. The van der Waals surface area contributed by atoms with E-state index in [1.807, 2.05) is 0 Å². The summed E-state index contributed by atoms with van der Waals surface area (Å²) in [5.74, 6) is -0.916. The number of amides is 2. The third-order valence-corrected chi connectivity index (χ3v) is 17.8. The minimum absolute atomic E-state index is 0.00879. The molecule has 7 rings (SSSR count). The van der Waals surface area contributed by atoms with Crippen LogP contribution in [0.1, 0.15) is 44.5 Å². The average molecular weight is 976 g/mol. The Morgan fingerprint density at radius 1 is 0.647 bits per heavy atom. The second-order valence-electron chi connectivity index (χ2n) is 15.8. The van der Waals surface area contributed by atoms with Crippen molar-refractivity contribution >= 4 is 91.6 Å². The van der Waals surface area contributed by atoms with E-state index in [1.165, 1.54) is 83.1 Å². The topological polar surface area (TPSA) is 163 Å². The lowest BCUT2D eigenvalue weighted by molar-refractivity contribution is -0.141. The summed E-state index contributed by atoms with van der Waals surface area (Å²) in [5.41, 5.74) is 0.700. The molecule has 0 saturated carbocycles. The second kappa shape index (κ2) is 23.4. The number of esters is 3. The van der Waals surface area contributed by atoms with Crippen LogP contribution in [-0.2, 0) is 19.1 Å². The van der Waals surface area contributed by atoms with Crippen LogP contribution in [0.25, 0.3) is 10.2 Å². The van der Waals surface area contributed by atoms with Gasteiger partial charge in [0.05, 0.1) is 23.5 Å². The van der Waals surface area contributed by atoms with Crippen molar-refractivity contribution in [2.45, 2.75) is 45.6 Å². The molecule has 1 aliphatic rings. The number of unbranched alkanes of at least 4 members (excludes halogenated alkanes) is 3. The normalized spacial score (nSPS) is 13.3. The Kier molecular flexibility index (Phi) is 17.0. The van der Waals surface area contributed by atoms with Gasteiger partial charge in [0.1, 0.15) is 44.7 Å². The fourth-order valence-corrected chi connectivity index (χ4v) is 14.2. The molecule has 6 aromatic rings. The average Bonchev–Trinajstić information content (AvgIpc) is 4.01. The molecule has 1 aromatic heterocycles. The van der Waals surface area contributed by atoms with Crippen LogP contribution < -0.4 is 34.9 Å². The number of methoxy groups -OCH3 is 1. The maximum atomic E-state index is 14.0. The molecule has 68 heavy (non-hydrogen) atoms. The van der Waals surface area contributed by atoms with E-state index in [0.29, 0.717) is 40.0 Å². The lowest BCUT2D eigenvalue weighted by Gasteiger charge is -2.28. The van der Waals surface area contributed by atoms with E-state index in [9.17, 15) is 24.0 Å². The largest absolute Gasteiger partial charge is 0.467 e. The van der Waals surface area contributed by atoms with Crippen molar-refractivity contribution in [1.82, 2.24) is 14.8 Å². The summed E-state index contributed by atoms with van der Waals surface area (Å²) >= 11 is 2.83. The number of likely N-dealkylation sites (N-methyl/N-ethyl adjacent to an activating group) is 1. The maximum absolute atomic E-state index is 14.0. The Morgan fingerprint density at radius 3 is 1.84 bits per heavy atom. The number of fused-ring (bicyclic) bond motifs is 1. The van der Waals surface area contributed by atoms with Crippen LogP contribution in [0.4, 0.5) is 9.59 Å². The molecule has 0 unspecified atom stereocenters. The van der Waals surface area contributed by atoms with Gasteiger partial charge >= 0.3 is 30.1 Å². The molecule has 0 radical (unpaired) electrons. The Labute approximate surface area is 403 Å². The van der Waals surface area contributed by atoms with Gasteiger partial charge in [-0.2, -0.15) is 0 Å². The van der Waals surface area contributed by atoms with Gasteiger partial charge in [-0.25, -0.2) is 19.4 Å². The first kappa shape index (κ1) is 49.3. The molecule has 17 heteroatoms. The van der Waals surface area contributed by atoms with E-state index in [2.05, 4.69) is 96.0 Å². The van der Waals surface area contributed by atoms with Crippen molar-refractivity contribution < 1.29 is 47.7 Å². The highest BCUT2D eigenvalue weighted by molar-refractivity contribution is 8.15. The molecule has 14 nitrogen and oxygen atoms in total. The molecular formula is C51H52N4O10PS2+. The van der Waals surface area contributed by atoms with Crippen LogP contribution >= 0.6 is 30.4 Å². The standard InChI is InChI=1S/C51H52N4O10PS2/c1-35(56)62-44-27-25-37(32-45(44)63-36(2)57)64-50(59)54(3)29-30-55(51(60)65-38-24-26-42-46(33-38)68-48(52-42)47-53-43(34-67-47)49(58)61-4)28-16-5-6-17-31-66(39-18-10-7-11-19-39,40-20-12-8-13-21-40)41-22-14-9-15-23-41/h7-15,18-27,32-33,43H,5-6,16-17,28-31,34H2,1-4H3/q+1/t43-/m1/s1. The van der Waals surface area contributed by atoms with Gasteiger partial charge in [0, 0.05) is 58.4 Å². The van der Waals surface area contributed by atoms with Crippen LogP contribution in [0.15, 0.2) is 132 Å². The van der Waals surface area contributed by atoms with Gasteiger partial charge in [-0.3, -0.25) is 14.6 Å². The molecule has 2 heterocycles. The summed E-state index contributed by atoms with van der Waals surface area (Å²) in [6.45, 7) is 3.00. The van der Waals surface area contributed by atoms with E-state index in [1.54, 1.807) is 30.1 Å². The summed E-state index contributed by atoms with van der Waals surface area (Å²) in [6.07, 6.45) is 3.11. The second-order valence-corrected chi connectivity index (χ2v) is 21.5. The zero-order chi connectivity index (χ0) is 48.0. The third-order valence-electron chi connectivity index (χ3n) is 11.0. The van der Waals surface area contributed by atoms with Gasteiger partial charge in [0.15, 0.2) is 17.5 Å². The molecule has 0 aliphatic carbocycles. The van der Waals surface area contributed by atoms with Crippen molar-refractivity contribution in [3.8, 4) is 23.0 Å². The minimum Gasteiger partial charge on any atom is -0.467 e. The third kappa shape index (κ3) is 12.5. The first-order valence-electron chi connectivity index (χ1n) is 22.1. The number of rotatable bonds is 19. The van der Waals surface area contributed by atoms with Crippen molar-refractivity contribution in [1.29, 1.82) is 0 Å². The quantitative estimate of drug-likeness (QED) is 0.0329. The zero-order valence-electron chi connectivity index (χ0n) is 38.2. The van der Waals surface area contributed by atoms with Gasteiger partial charge in [0.25, 0.3) is 0 Å². The smallest absolute Gasteiger partial charge is 0.415 e. The van der Waals surface area contributed by atoms with Crippen molar-refractivity contribution in [3.63, 3.8) is 0 Å². The summed E-state index contributed by atoms with van der Waals surface area (Å²) in [7, 11) is 0.899. The number of ether oxygens (including phenoxy) is 5. The van der Waals surface area contributed by atoms with Gasteiger partial charge in [0.2, 0.25) is 0 Å². The SMILES string of the molecule is COC(=O)[C@H]1CSC(c2nc3ccc(OC(=O)N(CCCCCC[P+](c4ccccc4)(c4ccccc4)c4ccccc4)CCN(C)C(=O)Oc4ccc(OC(C)=O)c(OC(C)=O)c4)cc3s2)=N1. The monoisotopic (exact) mass is 975 g/mol. The molecule has 2 amide bonds. The van der Waals surface area contributed by atoms with E-state index >= 15 is 0 Å². The highest BCUT2D eigenvalue weighted by Crippen LogP contribution is 2.56. The van der Waals surface area contributed by atoms with Crippen LogP contribution in [0.5, 0.6) is 23.0 Å². The summed E-state index contributed by atoms with van der Waals surface area (Å²) in [5, 5.41) is 5.33. The molecule has 0 saturated heterocycles. The number of benzene rings is 5. The van der Waals surface area contributed by atoms with Crippen LogP contribution in [-0.4, -0.2) is 102 Å². The fraction of sp³-hybridized carbons (Fsp3) is 0.275. The van der Waals surface area contributed by atoms with Gasteiger partial charge in [-0.05, 0) is 79.9 Å². The molecule has 0 N–H and O–H groups in total. The van der Waals surface area contributed by atoms with Crippen molar-refractivity contribution in [3.05, 3.63) is 132 Å². The molecule has 0 bridgehead atoms. The Hall–Kier alpha value is -6.61. The number of aliphatic imine (C=N–C) groups is 1. The highest BCUT2D eigenvalue weighted by Gasteiger charge is 2.44. The van der Waals surface area contributed by atoms with E-state index in [4.69, 9.17) is 28.7 Å². The molecule has 0 spiro atoms. The first-order chi connectivity index (χ1) is 32.9. The van der Waals surface area contributed by atoms with Gasteiger partial charge < -0.3 is 33.5 Å². The van der Waals surface area contributed by atoms with E-state index in [-0.39, 0.29) is 30.3 Å². The zero-order valence-corrected chi connectivity index (χ0v) is 40.7. The van der Waals surface area contributed by atoms with Crippen LogP contribution in [0.3, 0.4) is 0 Å². The van der Waals surface area contributed by atoms with Crippen LogP contribution in [0.2, 0.25) is 0 Å². The van der Waals surface area contributed by atoms with Gasteiger partial charge in [-0.15, -0.1) is 23.1 Å². The number of nitrogens with zero attached hydrogens (tertiary/aromatic N) is 4.